The molecule has 152 valence electrons. The van der Waals surface area contributed by atoms with E-state index in [4.69, 9.17) is 4.74 Å². The van der Waals surface area contributed by atoms with Gasteiger partial charge in [-0.2, -0.15) is 0 Å². The molecule has 0 saturated carbocycles. The van der Waals surface area contributed by atoms with Crippen LogP contribution >= 0.6 is 0 Å². The van der Waals surface area contributed by atoms with E-state index in [1.807, 2.05) is 14.0 Å². The summed E-state index contributed by atoms with van der Waals surface area (Å²) >= 11 is 0. The second kappa shape index (κ2) is 12.7. The maximum atomic E-state index is 5.38. The molecule has 1 aliphatic rings. The first-order valence-corrected chi connectivity index (χ1v) is 10.5. The molecule has 0 aliphatic carbocycles. The van der Waals surface area contributed by atoms with Gasteiger partial charge < -0.3 is 15.4 Å². The van der Waals surface area contributed by atoms with Crippen molar-refractivity contribution in [1.29, 1.82) is 0 Å². The number of rotatable bonds is 10. The van der Waals surface area contributed by atoms with Crippen LogP contribution in [0.15, 0.2) is 29.3 Å². The quantitative estimate of drug-likeness (QED) is 0.374. The summed E-state index contributed by atoms with van der Waals surface area (Å²) in [6, 6.07) is 8.77. The van der Waals surface area contributed by atoms with Gasteiger partial charge >= 0.3 is 0 Å². The van der Waals surface area contributed by atoms with Gasteiger partial charge in [0.2, 0.25) is 0 Å². The van der Waals surface area contributed by atoms with Crippen molar-refractivity contribution in [3.05, 3.63) is 35.4 Å². The molecule has 1 atom stereocenters. The van der Waals surface area contributed by atoms with Crippen LogP contribution in [0.3, 0.4) is 0 Å². The largest absolute Gasteiger partial charge is 0.382 e. The van der Waals surface area contributed by atoms with Crippen LogP contribution in [-0.2, 0) is 17.8 Å². The smallest absolute Gasteiger partial charge is 0.191 e. The molecule has 27 heavy (non-hydrogen) atoms. The van der Waals surface area contributed by atoms with Crippen molar-refractivity contribution in [2.75, 3.05) is 39.9 Å². The molecule has 2 N–H and O–H groups in total. The van der Waals surface area contributed by atoms with E-state index in [0.29, 0.717) is 0 Å². The fourth-order valence-electron chi connectivity index (χ4n) is 3.64. The highest BCUT2D eigenvalue weighted by Gasteiger charge is 2.17. The van der Waals surface area contributed by atoms with Gasteiger partial charge in [-0.3, -0.25) is 9.89 Å². The Hall–Kier alpha value is -1.59. The number of nitrogens with one attached hydrogen (secondary N) is 2. The number of aliphatic imine (C=N–C) groups is 1. The molecule has 1 aliphatic heterocycles. The predicted octanol–water partition coefficient (Wildman–Crippen LogP) is 3.40. The van der Waals surface area contributed by atoms with E-state index in [1.165, 1.54) is 37.1 Å². The van der Waals surface area contributed by atoms with Crippen molar-refractivity contribution in [3.63, 3.8) is 0 Å². The zero-order valence-corrected chi connectivity index (χ0v) is 17.5. The third-order valence-corrected chi connectivity index (χ3v) is 5.14. The summed E-state index contributed by atoms with van der Waals surface area (Å²) in [6.07, 6.45) is 4.85. The highest BCUT2D eigenvalue weighted by atomic mass is 16.5. The maximum Gasteiger partial charge on any atom is 0.191 e. The van der Waals surface area contributed by atoms with Crippen LogP contribution < -0.4 is 10.6 Å². The van der Waals surface area contributed by atoms with E-state index in [1.54, 1.807) is 0 Å². The van der Waals surface area contributed by atoms with Gasteiger partial charge in [0.25, 0.3) is 0 Å². The lowest BCUT2D eigenvalue weighted by molar-refractivity contribution is 0.143. The third-order valence-electron chi connectivity index (χ3n) is 5.14. The lowest BCUT2D eigenvalue weighted by atomic mass is 9.99. The Morgan fingerprint density at radius 2 is 2.04 bits per heavy atom. The van der Waals surface area contributed by atoms with Crippen molar-refractivity contribution >= 4 is 5.96 Å². The van der Waals surface area contributed by atoms with Crippen molar-refractivity contribution in [2.24, 2.45) is 10.9 Å². The number of hydrogen-bond acceptors (Lipinski definition) is 3. The van der Waals surface area contributed by atoms with Crippen LogP contribution in [0, 0.1) is 5.92 Å². The summed E-state index contributed by atoms with van der Waals surface area (Å²) in [5.41, 5.74) is 2.78. The van der Waals surface area contributed by atoms with E-state index >= 15 is 0 Å². The summed E-state index contributed by atoms with van der Waals surface area (Å²) in [5.74, 6) is 1.68. The number of hydrogen-bond donors (Lipinski definition) is 2. The van der Waals surface area contributed by atoms with Gasteiger partial charge in [0.15, 0.2) is 5.96 Å². The molecule has 1 fully saturated rings. The van der Waals surface area contributed by atoms with E-state index in [2.05, 4.69) is 51.7 Å². The van der Waals surface area contributed by atoms with E-state index in [9.17, 15) is 0 Å². The number of piperidine rings is 1. The molecule has 2 rings (SSSR count). The molecule has 5 heteroatoms. The number of benzene rings is 1. The number of likely N-dealkylation sites (tertiary alicyclic amines) is 1. The van der Waals surface area contributed by atoms with Crippen molar-refractivity contribution < 1.29 is 4.74 Å². The first-order chi connectivity index (χ1) is 13.2. The van der Waals surface area contributed by atoms with Crippen molar-refractivity contribution in [2.45, 2.75) is 52.6 Å². The first-order valence-electron chi connectivity index (χ1n) is 10.5. The summed E-state index contributed by atoms with van der Waals surface area (Å²) in [6.45, 7) is 11.2. The number of guanidine groups is 1. The standard InChI is InChI=1S/C22H38N4O/c1-4-27-15-8-7-13-24-22(23-3)25-16-20-11-5-6-12-21(20)18-26-14-9-10-19(2)17-26/h5-6,11-12,19H,4,7-10,13-18H2,1-3H3,(H2,23,24,25). The van der Waals surface area contributed by atoms with Gasteiger partial charge in [0.05, 0.1) is 0 Å². The number of nitrogens with zero attached hydrogens (tertiary/aromatic N) is 2. The fourth-order valence-corrected chi connectivity index (χ4v) is 3.64. The predicted molar refractivity (Wildman–Crippen MR) is 114 cm³/mol. The minimum Gasteiger partial charge on any atom is -0.382 e. The Kier molecular flexibility index (Phi) is 10.2. The zero-order valence-electron chi connectivity index (χ0n) is 17.5. The summed E-state index contributed by atoms with van der Waals surface area (Å²) in [7, 11) is 1.83. The summed E-state index contributed by atoms with van der Waals surface area (Å²) in [4.78, 5) is 6.94. The molecule has 1 aromatic carbocycles. The lowest BCUT2D eigenvalue weighted by Gasteiger charge is -2.31. The van der Waals surface area contributed by atoms with Gasteiger partial charge in [0, 0.05) is 46.4 Å². The Balaban J connectivity index is 1.78. The van der Waals surface area contributed by atoms with E-state index < -0.39 is 0 Å². The molecule has 0 amide bonds. The first kappa shape index (κ1) is 21.7. The van der Waals surface area contributed by atoms with Crippen LogP contribution in [-0.4, -0.2) is 50.8 Å². The highest BCUT2D eigenvalue weighted by Crippen LogP contribution is 2.19. The van der Waals surface area contributed by atoms with Gasteiger partial charge in [-0.25, -0.2) is 0 Å². The highest BCUT2D eigenvalue weighted by molar-refractivity contribution is 5.79. The zero-order chi connectivity index (χ0) is 19.3. The van der Waals surface area contributed by atoms with Crippen molar-refractivity contribution in [1.82, 2.24) is 15.5 Å². The minimum absolute atomic E-state index is 0.798. The molecule has 0 bridgehead atoms. The molecular formula is C22H38N4O. The average Bonchev–Trinajstić information content (AvgIpc) is 2.68. The Labute approximate surface area is 165 Å². The van der Waals surface area contributed by atoms with Gasteiger partial charge in [-0.05, 0) is 56.2 Å². The molecular weight excluding hydrogens is 336 g/mol. The second-order valence-electron chi connectivity index (χ2n) is 7.51. The maximum absolute atomic E-state index is 5.38. The SMILES string of the molecule is CCOCCCCNC(=NC)NCc1ccccc1CN1CCCC(C)C1. The summed E-state index contributed by atoms with van der Waals surface area (Å²) in [5, 5.41) is 6.86. The van der Waals surface area contributed by atoms with Crippen LogP contribution in [0.25, 0.3) is 0 Å². The summed E-state index contributed by atoms with van der Waals surface area (Å²) < 4.78 is 5.38. The molecule has 5 nitrogen and oxygen atoms in total. The molecule has 0 spiro atoms. The van der Waals surface area contributed by atoms with Gasteiger partial charge in [0.1, 0.15) is 0 Å². The topological polar surface area (TPSA) is 48.9 Å². The lowest BCUT2D eigenvalue weighted by Crippen LogP contribution is -2.38. The molecule has 1 saturated heterocycles. The monoisotopic (exact) mass is 374 g/mol. The number of unbranched alkanes of at least 4 members (excludes halogenated alkanes) is 1. The molecule has 0 aromatic heterocycles. The molecule has 1 heterocycles. The molecule has 0 radical (unpaired) electrons. The van der Waals surface area contributed by atoms with Crippen LogP contribution in [0.5, 0.6) is 0 Å². The van der Waals surface area contributed by atoms with Crippen LogP contribution in [0.1, 0.15) is 50.7 Å². The number of ether oxygens (including phenoxy) is 1. The Morgan fingerprint density at radius 3 is 2.78 bits per heavy atom. The Bertz CT molecular complexity index is 561. The normalized spacial score (nSPS) is 18.5. The van der Waals surface area contributed by atoms with Crippen LogP contribution in [0.4, 0.5) is 0 Å². The molecule has 1 unspecified atom stereocenters. The average molecular weight is 375 g/mol. The third kappa shape index (κ3) is 8.31. The van der Waals surface area contributed by atoms with Gasteiger partial charge in [-0.1, -0.05) is 31.2 Å². The van der Waals surface area contributed by atoms with E-state index in [-0.39, 0.29) is 0 Å². The Morgan fingerprint density at radius 1 is 1.22 bits per heavy atom. The van der Waals surface area contributed by atoms with Crippen LogP contribution in [0.2, 0.25) is 0 Å². The van der Waals surface area contributed by atoms with E-state index in [0.717, 1.165) is 57.6 Å². The minimum atomic E-state index is 0.798. The van der Waals surface area contributed by atoms with Crippen molar-refractivity contribution in [3.8, 4) is 0 Å². The molecule has 1 aromatic rings. The second-order valence-corrected chi connectivity index (χ2v) is 7.51. The fraction of sp³-hybridized carbons (Fsp3) is 0.682. The van der Waals surface area contributed by atoms with Gasteiger partial charge in [-0.15, -0.1) is 0 Å².